The van der Waals surface area contributed by atoms with E-state index in [1.165, 1.54) is 6.33 Å². The Morgan fingerprint density at radius 2 is 2.32 bits per heavy atom. The van der Waals surface area contributed by atoms with Crippen molar-refractivity contribution in [1.82, 2.24) is 19.6 Å². The van der Waals surface area contributed by atoms with Gasteiger partial charge in [0.1, 0.15) is 22.0 Å². The molecule has 2 heterocycles. The molecule has 2 aromatic rings. The zero-order valence-corrected chi connectivity index (χ0v) is 11.9. The Bertz CT molecular complexity index is 634. The normalized spacial score (nSPS) is 11.6. The van der Waals surface area contributed by atoms with E-state index in [1.54, 1.807) is 6.92 Å². The van der Waals surface area contributed by atoms with E-state index in [2.05, 4.69) is 24.9 Å². The summed E-state index contributed by atoms with van der Waals surface area (Å²) in [6.45, 7) is 2.13. The van der Waals surface area contributed by atoms with Gasteiger partial charge in [-0.3, -0.25) is 5.10 Å². The standard InChI is InChI=1S/C9H14N6O2S2/c1-2-3-19(16,17)7-8(10)15-18-9(7)11-4-6-12-5-13-14-6/h5,11H,2-4H2,1H3,(H2,10,15)(H,12,13,14). The fraction of sp³-hybridized carbons (Fsp3) is 0.444. The molecule has 2 rings (SSSR count). The van der Waals surface area contributed by atoms with Gasteiger partial charge in [0.05, 0.1) is 12.3 Å². The number of nitrogens with two attached hydrogens (primary N) is 1. The molecule has 0 fully saturated rings. The third-order valence-electron chi connectivity index (χ3n) is 2.34. The first-order valence-electron chi connectivity index (χ1n) is 5.60. The van der Waals surface area contributed by atoms with E-state index in [0.29, 0.717) is 23.8 Å². The molecule has 0 bridgehead atoms. The van der Waals surface area contributed by atoms with Gasteiger partial charge in [-0.2, -0.15) is 9.47 Å². The van der Waals surface area contributed by atoms with Crippen LogP contribution in [0.3, 0.4) is 0 Å². The van der Waals surface area contributed by atoms with E-state index in [0.717, 1.165) is 11.5 Å². The summed E-state index contributed by atoms with van der Waals surface area (Å²) >= 11 is 1.02. The second-order valence-electron chi connectivity index (χ2n) is 3.83. The highest BCUT2D eigenvalue weighted by atomic mass is 32.2. The maximum absolute atomic E-state index is 12.1. The second kappa shape index (κ2) is 5.53. The van der Waals surface area contributed by atoms with Gasteiger partial charge in [0.25, 0.3) is 0 Å². The van der Waals surface area contributed by atoms with Crippen molar-refractivity contribution in [2.45, 2.75) is 24.8 Å². The third-order valence-corrected chi connectivity index (χ3v) is 5.27. The SMILES string of the molecule is CCCS(=O)(=O)c1c(N)nsc1NCc1ncn[nH]1. The number of aromatic nitrogens is 4. The number of aromatic amines is 1. The molecule has 0 spiro atoms. The lowest BCUT2D eigenvalue weighted by atomic mass is 10.5. The molecule has 0 saturated carbocycles. The average molecular weight is 302 g/mol. The number of H-pyrrole nitrogens is 1. The number of hydrogen-bond acceptors (Lipinski definition) is 8. The third kappa shape index (κ3) is 3.01. The Kier molecular flexibility index (Phi) is 4.00. The molecule has 0 saturated heterocycles. The highest BCUT2D eigenvalue weighted by Gasteiger charge is 2.24. The Labute approximate surface area is 114 Å². The molecule has 8 nitrogen and oxygen atoms in total. The molecule has 0 aliphatic rings. The van der Waals surface area contributed by atoms with E-state index in [1.807, 2.05) is 0 Å². The largest absolute Gasteiger partial charge is 0.382 e. The molecule has 0 atom stereocenters. The molecule has 0 aliphatic heterocycles. The van der Waals surface area contributed by atoms with Crippen LogP contribution in [0, 0.1) is 0 Å². The summed E-state index contributed by atoms with van der Waals surface area (Å²) in [6.07, 6.45) is 1.91. The molecule has 0 aromatic carbocycles. The molecule has 4 N–H and O–H groups in total. The number of hydrogen-bond donors (Lipinski definition) is 3. The number of nitrogen functional groups attached to an aromatic ring is 1. The predicted octanol–water partition coefficient (Wildman–Crippen LogP) is 0.639. The predicted molar refractivity (Wildman–Crippen MR) is 72.6 cm³/mol. The van der Waals surface area contributed by atoms with Crippen molar-refractivity contribution >= 4 is 32.2 Å². The number of anilines is 2. The summed E-state index contributed by atoms with van der Waals surface area (Å²) in [5.74, 6) is 0.691. The van der Waals surface area contributed by atoms with E-state index in [9.17, 15) is 8.42 Å². The Morgan fingerprint density at radius 3 is 2.95 bits per heavy atom. The van der Waals surface area contributed by atoms with E-state index in [-0.39, 0.29) is 16.5 Å². The Balaban J connectivity index is 2.22. The Hall–Kier alpha value is -1.68. The summed E-state index contributed by atoms with van der Waals surface area (Å²) in [5.41, 5.74) is 5.65. The van der Waals surface area contributed by atoms with Crippen molar-refractivity contribution in [1.29, 1.82) is 0 Å². The summed E-state index contributed by atoms with van der Waals surface area (Å²) < 4.78 is 28.1. The number of rotatable bonds is 6. The molecule has 0 unspecified atom stereocenters. The lowest BCUT2D eigenvalue weighted by Gasteiger charge is -2.06. The van der Waals surface area contributed by atoms with E-state index < -0.39 is 9.84 Å². The lowest BCUT2D eigenvalue weighted by Crippen LogP contribution is -2.11. The van der Waals surface area contributed by atoms with Crippen LogP contribution in [-0.4, -0.2) is 33.7 Å². The second-order valence-corrected chi connectivity index (χ2v) is 6.65. The molecule has 0 radical (unpaired) electrons. The van der Waals surface area contributed by atoms with Gasteiger partial charge in [-0.15, -0.1) is 0 Å². The average Bonchev–Trinajstić information content (AvgIpc) is 2.95. The molecule has 19 heavy (non-hydrogen) atoms. The fourth-order valence-electron chi connectivity index (χ4n) is 1.56. The zero-order chi connectivity index (χ0) is 13.9. The number of sulfone groups is 1. The highest BCUT2D eigenvalue weighted by Crippen LogP contribution is 2.32. The van der Waals surface area contributed by atoms with Gasteiger partial charge in [-0.05, 0) is 18.0 Å². The van der Waals surface area contributed by atoms with Gasteiger partial charge < -0.3 is 11.1 Å². The van der Waals surface area contributed by atoms with Crippen molar-refractivity contribution in [2.24, 2.45) is 0 Å². The minimum absolute atomic E-state index is 0.0403. The summed E-state index contributed by atoms with van der Waals surface area (Å²) in [7, 11) is -3.41. The van der Waals surface area contributed by atoms with Crippen LogP contribution in [0.25, 0.3) is 0 Å². The first-order valence-corrected chi connectivity index (χ1v) is 8.03. The van der Waals surface area contributed by atoms with Crippen molar-refractivity contribution in [3.8, 4) is 0 Å². The number of nitrogens with one attached hydrogen (secondary N) is 2. The topological polar surface area (TPSA) is 127 Å². The monoisotopic (exact) mass is 302 g/mol. The van der Waals surface area contributed by atoms with Crippen LogP contribution in [0.2, 0.25) is 0 Å². The smallest absolute Gasteiger partial charge is 0.185 e. The first kappa shape index (κ1) is 13.7. The number of nitrogens with zero attached hydrogens (tertiary/aromatic N) is 3. The summed E-state index contributed by atoms with van der Waals surface area (Å²) in [5, 5.41) is 9.78. The lowest BCUT2D eigenvalue weighted by molar-refractivity contribution is 0.595. The minimum Gasteiger partial charge on any atom is -0.382 e. The molecule has 2 aromatic heterocycles. The van der Waals surface area contributed by atoms with Gasteiger partial charge >= 0.3 is 0 Å². The van der Waals surface area contributed by atoms with Gasteiger partial charge in [-0.1, -0.05) is 6.92 Å². The summed E-state index contributed by atoms with van der Waals surface area (Å²) in [4.78, 5) is 4.02. The van der Waals surface area contributed by atoms with Gasteiger partial charge in [0.2, 0.25) is 0 Å². The van der Waals surface area contributed by atoms with Crippen LogP contribution < -0.4 is 11.1 Å². The first-order chi connectivity index (χ1) is 9.04. The van der Waals surface area contributed by atoms with Crippen LogP contribution >= 0.6 is 11.5 Å². The van der Waals surface area contributed by atoms with Crippen LogP contribution in [0.1, 0.15) is 19.2 Å². The molecule has 0 aliphatic carbocycles. The maximum atomic E-state index is 12.1. The highest BCUT2D eigenvalue weighted by molar-refractivity contribution is 7.91. The van der Waals surface area contributed by atoms with Crippen LogP contribution in [0.4, 0.5) is 10.8 Å². The van der Waals surface area contributed by atoms with Gasteiger partial charge in [-0.25, -0.2) is 13.4 Å². The van der Waals surface area contributed by atoms with Crippen molar-refractivity contribution < 1.29 is 8.42 Å². The molecule has 104 valence electrons. The van der Waals surface area contributed by atoms with Gasteiger partial charge in [0.15, 0.2) is 15.7 Å². The van der Waals surface area contributed by atoms with Crippen molar-refractivity contribution in [3.63, 3.8) is 0 Å². The Morgan fingerprint density at radius 1 is 1.53 bits per heavy atom. The van der Waals surface area contributed by atoms with E-state index in [4.69, 9.17) is 5.73 Å². The molecular weight excluding hydrogens is 288 g/mol. The minimum atomic E-state index is -3.41. The van der Waals surface area contributed by atoms with E-state index >= 15 is 0 Å². The van der Waals surface area contributed by atoms with Gasteiger partial charge in [0, 0.05) is 0 Å². The molecule has 0 amide bonds. The van der Waals surface area contributed by atoms with Crippen LogP contribution in [0.5, 0.6) is 0 Å². The zero-order valence-electron chi connectivity index (χ0n) is 10.3. The van der Waals surface area contributed by atoms with Crippen molar-refractivity contribution in [2.75, 3.05) is 16.8 Å². The molecule has 10 heteroatoms. The fourth-order valence-corrected chi connectivity index (χ4v) is 4.17. The maximum Gasteiger partial charge on any atom is 0.185 e. The van der Waals surface area contributed by atoms with Crippen LogP contribution in [0.15, 0.2) is 11.2 Å². The quantitative estimate of drug-likeness (QED) is 0.714. The van der Waals surface area contributed by atoms with Crippen molar-refractivity contribution in [3.05, 3.63) is 12.2 Å². The van der Waals surface area contributed by atoms with Crippen LogP contribution in [-0.2, 0) is 16.4 Å². The molecular formula is C9H14N6O2S2. The summed E-state index contributed by atoms with van der Waals surface area (Å²) in [6, 6.07) is 0.